The van der Waals surface area contributed by atoms with Crippen molar-refractivity contribution in [1.29, 1.82) is 0 Å². The molecule has 2 saturated heterocycles. The highest BCUT2D eigenvalue weighted by molar-refractivity contribution is 7.22. The summed E-state index contributed by atoms with van der Waals surface area (Å²) in [6.07, 6.45) is -2.93. The van der Waals surface area contributed by atoms with Crippen LogP contribution < -0.4 is 9.80 Å². The summed E-state index contributed by atoms with van der Waals surface area (Å²) in [5.41, 5.74) is 0.651. The number of aromatic nitrogens is 1. The van der Waals surface area contributed by atoms with Gasteiger partial charge in [0.15, 0.2) is 5.13 Å². The van der Waals surface area contributed by atoms with Gasteiger partial charge in [-0.3, -0.25) is 4.79 Å². The number of hydrogen-bond donors (Lipinski definition) is 0. The lowest BCUT2D eigenvalue weighted by Gasteiger charge is -2.39. The average Bonchev–Trinajstić information content (AvgIpc) is 3.27. The average molecular weight is 493 g/mol. The fourth-order valence-electron chi connectivity index (χ4n) is 4.66. The van der Waals surface area contributed by atoms with Crippen LogP contribution in [0.2, 0.25) is 0 Å². The van der Waals surface area contributed by atoms with E-state index < -0.39 is 11.7 Å². The summed E-state index contributed by atoms with van der Waals surface area (Å²) in [7, 11) is 0. The molecule has 0 unspecified atom stereocenters. The lowest BCUT2D eigenvalue weighted by atomic mass is 9.95. The zero-order valence-corrected chi connectivity index (χ0v) is 19.2. The Morgan fingerprint density at radius 2 is 1.68 bits per heavy atom. The molecular weight excluding hydrogens is 468 g/mol. The minimum absolute atomic E-state index is 0.0665. The molecule has 0 spiro atoms. The topological polar surface area (TPSA) is 39.7 Å². The lowest BCUT2D eigenvalue weighted by molar-refractivity contribution is -0.137. The third-order valence-electron chi connectivity index (χ3n) is 6.58. The van der Waals surface area contributed by atoms with Gasteiger partial charge in [-0.05, 0) is 49.2 Å². The van der Waals surface area contributed by atoms with Crippen molar-refractivity contribution < 1.29 is 22.4 Å². The van der Waals surface area contributed by atoms with Crippen LogP contribution >= 0.6 is 11.3 Å². The maximum atomic E-state index is 13.5. The Morgan fingerprint density at radius 3 is 2.38 bits per heavy atom. The smallest absolute Gasteiger partial charge is 0.368 e. The molecule has 3 heterocycles. The number of rotatable bonds is 3. The van der Waals surface area contributed by atoms with Crippen LogP contribution in [0.25, 0.3) is 10.2 Å². The van der Waals surface area contributed by atoms with Gasteiger partial charge < -0.3 is 14.7 Å². The van der Waals surface area contributed by atoms with E-state index in [9.17, 15) is 22.4 Å². The van der Waals surface area contributed by atoms with Gasteiger partial charge in [-0.15, -0.1) is 0 Å². The monoisotopic (exact) mass is 492 g/mol. The SMILES string of the molecule is O=C(C1CCN(c2nc3ccc(F)cc3s2)CC1)N1CCN(c2cccc(C(F)(F)F)c2)CC1. The van der Waals surface area contributed by atoms with E-state index in [4.69, 9.17) is 0 Å². The van der Waals surface area contributed by atoms with Crippen LogP contribution in [0.1, 0.15) is 18.4 Å². The van der Waals surface area contributed by atoms with E-state index >= 15 is 0 Å². The van der Waals surface area contributed by atoms with Crippen molar-refractivity contribution >= 4 is 38.3 Å². The van der Waals surface area contributed by atoms with E-state index in [1.54, 1.807) is 12.1 Å². The van der Waals surface area contributed by atoms with Crippen molar-refractivity contribution in [1.82, 2.24) is 9.88 Å². The van der Waals surface area contributed by atoms with Crippen LogP contribution in [0.4, 0.5) is 28.4 Å². The molecule has 2 aliphatic heterocycles. The molecular formula is C24H24F4N4OS. The number of anilines is 2. The molecule has 5 nitrogen and oxygen atoms in total. The first-order chi connectivity index (χ1) is 16.3. The molecule has 0 atom stereocenters. The largest absolute Gasteiger partial charge is 0.416 e. The molecule has 34 heavy (non-hydrogen) atoms. The van der Waals surface area contributed by atoms with Gasteiger partial charge in [-0.25, -0.2) is 9.37 Å². The fraction of sp³-hybridized carbons (Fsp3) is 0.417. The molecule has 10 heteroatoms. The number of halogens is 4. The van der Waals surface area contributed by atoms with Gasteiger partial charge in [-0.1, -0.05) is 17.4 Å². The second-order valence-electron chi connectivity index (χ2n) is 8.73. The predicted molar refractivity (Wildman–Crippen MR) is 125 cm³/mol. The number of carbonyl (C=O) groups excluding carboxylic acids is 1. The number of piperidine rings is 1. The van der Waals surface area contributed by atoms with Gasteiger partial charge in [0.2, 0.25) is 5.91 Å². The van der Waals surface area contributed by atoms with Crippen LogP contribution in [0.15, 0.2) is 42.5 Å². The Labute approximate surface area is 198 Å². The summed E-state index contributed by atoms with van der Waals surface area (Å²) in [6.45, 7) is 3.44. The van der Waals surface area contributed by atoms with Crippen LogP contribution in [-0.2, 0) is 11.0 Å². The second-order valence-corrected chi connectivity index (χ2v) is 9.74. The summed E-state index contributed by atoms with van der Waals surface area (Å²) in [5.74, 6) is -0.224. The van der Waals surface area contributed by atoms with Crippen molar-refractivity contribution in [3.63, 3.8) is 0 Å². The Hall–Kier alpha value is -2.88. The third kappa shape index (κ3) is 4.68. The molecule has 2 aliphatic rings. The number of piperazine rings is 1. The van der Waals surface area contributed by atoms with Crippen molar-refractivity contribution in [2.75, 3.05) is 49.1 Å². The molecule has 2 fully saturated rings. The number of benzene rings is 2. The normalized spacial score (nSPS) is 18.1. The quantitative estimate of drug-likeness (QED) is 0.482. The Morgan fingerprint density at radius 1 is 0.941 bits per heavy atom. The maximum Gasteiger partial charge on any atom is 0.416 e. The van der Waals surface area contributed by atoms with Gasteiger partial charge in [0.05, 0.1) is 15.8 Å². The lowest BCUT2D eigenvalue weighted by Crippen LogP contribution is -2.51. The molecule has 180 valence electrons. The van der Waals surface area contributed by atoms with E-state index in [2.05, 4.69) is 9.88 Å². The number of hydrogen-bond acceptors (Lipinski definition) is 5. The predicted octanol–water partition coefficient (Wildman–Crippen LogP) is 5.02. The summed E-state index contributed by atoms with van der Waals surface area (Å²) in [6, 6.07) is 9.92. The first-order valence-corrected chi connectivity index (χ1v) is 12.1. The highest BCUT2D eigenvalue weighted by Crippen LogP contribution is 2.33. The number of alkyl halides is 3. The minimum atomic E-state index is -4.37. The molecule has 0 bridgehead atoms. The summed E-state index contributed by atoms with van der Waals surface area (Å²) in [4.78, 5) is 23.6. The molecule has 0 aliphatic carbocycles. The highest BCUT2D eigenvalue weighted by Gasteiger charge is 2.33. The first kappa shape index (κ1) is 22.9. The molecule has 1 amide bonds. The second kappa shape index (κ2) is 9.05. The maximum absolute atomic E-state index is 13.5. The van der Waals surface area contributed by atoms with Crippen LogP contribution in [0.5, 0.6) is 0 Å². The van der Waals surface area contributed by atoms with E-state index in [0.717, 1.165) is 34.3 Å². The molecule has 1 aromatic heterocycles. The van der Waals surface area contributed by atoms with Gasteiger partial charge >= 0.3 is 6.18 Å². The summed E-state index contributed by atoms with van der Waals surface area (Å²) in [5, 5.41) is 0.848. The van der Waals surface area contributed by atoms with Crippen LogP contribution in [0, 0.1) is 11.7 Å². The van der Waals surface area contributed by atoms with E-state index in [-0.39, 0.29) is 17.6 Å². The van der Waals surface area contributed by atoms with E-state index in [1.165, 1.54) is 35.6 Å². The summed E-state index contributed by atoms with van der Waals surface area (Å²) >= 11 is 1.46. The number of carbonyl (C=O) groups is 1. The van der Waals surface area contributed by atoms with Crippen molar-refractivity contribution in [3.05, 3.63) is 53.8 Å². The Balaban J connectivity index is 1.15. The standard InChI is InChI=1S/C24H24F4N4OS/c25-18-4-5-20-21(15-18)34-23(29-20)32-8-6-16(7-9-32)22(33)31-12-10-30(11-13-31)19-3-1-2-17(14-19)24(26,27)28/h1-5,14-16H,6-13H2. The van der Waals surface area contributed by atoms with E-state index in [0.29, 0.717) is 45.0 Å². The Kier molecular flexibility index (Phi) is 6.09. The molecule has 2 aromatic carbocycles. The van der Waals surface area contributed by atoms with Crippen molar-refractivity contribution in [3.8, 4) is 0 Å². The van der Waals surface area contributed by atoms with Gasteiger partial charge in [0.1, 0.15) is 5.82 Å². The highest BCUT2D eigenvalue weighted by atomic mass is 32.1. The molecule has 5 rings (SSSR count). The third-order valence-corrected chi connectivity index (χ3v) is 7.66. The number of fused-ring (bicyclic) bond motifs is 1. The number of thiazole rings is 1. The summed E-state index contributed by atoms with van der Waals surface area (Å²) < 4.78 is 53.3. The molecule has 0 N–H and O–H groups in total. The van der Waals surface area contributed by atoms with Crippen molar-refractivity contribution in [2.45, 2.75) is 19.0 Å². The zero-order valence-electron chi connectivity index (χ0n) is 18.4. The fourth-order valence-corrected chi connectivity index (χ4v) is 5.70. The zero-order chi connectivity index (χ0) is 23.9. The first-order valence-electron chi connectivity index (χ1n) is 11.3. The molecule has 3 aromatic rings. The van der Waals surface area contributed by atoms with Gasteiger partial charge in [0, 0.05) is 50.9 Å². The van der Waals surface area contributed by atoms with Crippen LogP contribution in [0.3, 0.4) is 0 Å². The number of amides is 1. The van der Waals surface area contributed by atoms with Gasteiger partial charge in [0.25, 0.3) is 0 Å². The van der Waals surface area contributed by atoms with E-state index in [1.807, 2.05) is 9.80 Å². The number of nitrogens with zero attached hydrogens (tertiary/aromatic N) is 4. The molecule has 0 radical (unpaired) electrons. The van der Waals surface area contributed by atoms with Gasteiger partial charge in [-0.2, -0.15) is 13.2 Å². The Bertz CT molecular complexity index is 1180. The minimum Gasteiger partial charge on any atom is -0.368 e. The van der Waals surface area contributed by atoms with Crippen LogP contribution in [-0.4, -0.2) is 55.1 Å². The van der Waals surface area contributed by atoms with Crippen molar-refractivity contribution in [2.24, 2.45) is 5.92 Å². The molecule has 0 saturated carbocycles.